The van der Waals surface area contributed by atoms with Crippen LogP contribution in [0.15, 0.2) is 6.33 Å². The normalized spacial score (nSPS) is 17.7. The third kappa shape index (κ3) is 1.57. The van der Waals surface area contributed by atoms with Crippen molar-refractivity contribution in [2.45, 2.75) is 32.2 Å². The number of anilines is 1. The number of rotatable bonds is 3. The Balaban J connectivity index is 1.79. The Bertz CT molecular complexity index is 251. The van der Waals surface area contributed by atoms with Crippen LogP contribution >= 0.6 is 0 Å². The topological polar surface area (TPSA) is 56.7 Å². The number of hydrogen-bond donors (Lipinski definition) is 1. The van der Waals surface area contributed by atoms with E-state index in [9.17, 15) is 0 Å². The van der Waals surface area contributed by atoms with Gasteiger partial charge in [0.25, 0.3) is 0 Å². The van der Waals surface area contributed by atoms with Crippen LogP contribution in [0.3, 0.4) is 0 Å². The van der Waals surface area contributed by atoms with E-state index in [2.05, 4.69) is 10.1 Å². The standard InChI is InChI=1S/C8H14N4/c9-8-10-6-12(11-8)5-4-7-2-1-3-7/h6-7H,1-5H2,(H2,9,11). The fourth-order valence-corrected chi connectivity index (χ4v) is 1.51. The van der Waals surface area contributed by atoms with Crippen molar-refractivity contribution in [2.75, 3.05) is 5.73 Å². The monoisotopic (exact) mass is 166 g/mol. The number of aromatic nitrogens is 3. The van der Waals surface area contributed by atoms with E-state index in [0.29, 0.717) is 5.95 Å². The number of nitrogens with zero attached hydrogens (tertiary/aromatic N) is 3. The highest BCUT2D eigenvalue weighted by molar-refractivity contribution is 5.09. The van der Waals surface area contributed by atoms with Crippen molar-refractivity contribution in [1.29, 1.82) is 0 Å². The van der Waals surface area contributed by atoms with Gasteiger partial charge in [0, 0.05) is 6.54 Å². The van der Waals surface area contributed by atoms with Crippen LogP contribution in [0.25, 0.3) is 0 Å². The lowest BCUT2D eigenvalue weighted by Crippen LogP contribution is -2.14. The smallest absolute Gasteiger partial charge is 0.239 e. The van der Waals surface area contributed by atoms with Crippen molar-refractivity contribution in [3.8, 4) is 0 Å². The molecule has 0 amide bonds. The molecule has 0 aromatic carbocycles. The molecule has 1 aliphatic rings. The Kier molecular flexibility index (Phi) is 1.98. The molecule has 1 aromatic heterocycles. The Morgan fingerprint density at radius 2 is 2.42 bits per heavy atom. The van der Waals surface area contributed by atoms with Crippen molar-refractivity contribution >= 4 is 5.95 Å². The van der Waals surface area contributed by atoms with Crippen LogP contribution < -0.4 is 5.73 Å². The van der Waals surface area contributed by atoms with Crippen molar-refractivity contribution in [1.82, 2.24) is 14.8 Å². The van der Waals surface area contributed by atoms with Crippen molar-refractivity contribution in [2.24, 2.45) is 5.92 Å². The number of nitrogens with two attached hydrogens (primary N) is 1. The molecule has 1 fully saturated rings. The SMILES string of the molecule is Nc1ncn(CCC2CCC2)n1. The molecule has 0 spiro atoms. The van der Waals surface area contributed by atoms with Gasteiger partial charge in [-0.3, -0.25) is 4.68 Å². The summed E-state index contributed by atoms with van der Waals surface area (Å²) in [5.74, 6) is 1.30. The highest BCUT2D eigenvalue weighted by Crippen LogP contribution is 2.29. The summed E-state index contributed by atoms with van der Waals surface area (Å²) >= 11 is 0. The van der Waals surface area contributed by atoms with Crippen LogP contribution in [-0.2, 0) is 6.54 Å². The maximum Gasteiger partial charge on any atom is 0.239 e. The quantitative estimate of drug-likeness (QED) is 0.730. The van der Waals surface area contributed by atoms with Gasteiger partial charge in [-0.2, -0.15) is 0 Å². The van der Waals surface area contributed by atoms with Gasteiger partial charge >= 0.3 is 0 Å². The number of nitrogen functional groups attached to an aromatic ring is 1. The largest absolute Gasteiger partial charge is 0.367 e. The van der Waals surface area contributed by atoms with Gasteiger partial charge < -0.3 is 5.73 Å². The summed E-state index contributed by atoms with van der Waals surface area (Å²) in [4.78, 5) is 3.87. The molecule has 0 radical (unpaired) electrons. The van der Waals surface area contributed by atoms with Gasteiger partial charge in [-0.05, 0) is 12.3 Å². The summed E-state index contributed by atoms with van der Waals surface area (Å²) in [5, 5.41) is 4.02. The molecule has 0 atom stereocenters. The van der Waals surface area contributed by atoms with Gasteiger partial charge in [0.1, 0.15) is 6.33 Å². The first-order valence-electron chi connectivity index (χ1n) is 4.49. The van der Waals surface area contributed by atoms with E-state index in [-0.39, 0.29) is 0 Å². The van der Waals surface area contributed by atoms with Crippen LogP contribution in [0.4, 0.5) is 5.95 Å². The van der Waals surface area contributed by atoms with Gasteiger partial charge in [-0.1, -0.05) is 19.3 Å². The molecule has 1 aliphatic carbocycles. The van der Waals surface area contributed by atoms with E-state index in [0.717, 1.165) is 12.5 Å². The highest BCUT2D eigenvalue weighted by atomic mass is 15.3. The predicted octanol–water partition coefficient (Wildman–Crippen LogP) is 1.05. The van der Waals surface area contributed by atoms with Crippen LogP contribution in [0.2, 0.25) is 0 Å². The fourth-order valence-electron chi connectivity index (χ4n) is 1.51. The van der Waals surface area contributed by atoms with Crippen molar-refractivity contribution in [3.63, 3.8) is 0 Å². The Labute approximate surface area is 71.8 Å². The van der Waals surface area contributed by atoms with Gasteiger partial charge in [-0.25, -0.2) is 4.98 Å². The second-order valence-corrected chi connectivity index (χ2v) is 3.45. The van der Waals surface area contributed by atoms with Gasteiger partial charge in [0.05, 0.1) is 0 Å². The molecule has 4 heteroatoms. The highest BCUT2D eigenvalue weighted by Gasteiger charge is 2.16. The number of hydrogen-bond acceptors (Lipinski definition) is 3. The van der Waals surface area contributed by atoms with Crippen molar-refractivity contribution < 1.29 is 0 Å². The molecule has 4 nitrogen and oxygen atoms in total. The minimum absolute atomic E-state index is 0.378. The lowest BCUT2D eigenvalue weighted by Gasteiger charge is -2.24. The minimum atomic E-state index is 0.378. The van der Waals surface area contributed by atoms with E-state index in [1.165, 1.54) is 25.7 Å². The minimum Gasteiger partial charge on any atom is -0.367 e. The van der Waals surface area contributed by atoms with Gasteiger partial charge in [0.2, 0.25) is 5.95 Å². The van der Waals surface area contributed by atoms with E-state index in [1.807, 2.05) is 4.68 Å². The Hall–Kier alpha value is -1.06. The molecule has 0 saturated heterocycles. The molecule has 1 saturated carbocycles. The number of aryl methyl sites for hydroxylation is 1. The lowest BCUT2D eigenvalue weighted by atomic mass is 9.83. The van der Waals surface area contributed by atoms with Crippen molar-refractivity contribution in [3.05, 3.63) is 6.33 Å². The first kappa shape index (κ1) is 7.58. The zero-order chi connectivity index (χ0) is 8.39. The average molecular weight is 166 g/mol. The van der Waals surface area contributed by atoms with Gasteiger partial charge in [-0.15, -0.1) is 5.10 Å². The molecule has 1 heterocycles. The predicted molar refractivity (Wildman–Crippen MR) is 46.4 cm³/mol. The average Bonchev–Trinajstić information content (AvgIpc) is 2.32. The summed E-state index contributed by atoms with van der Waals surface area (Å²) in [6, 6.07) is 0. The summed E-state index contributed by atoms with van der Waals surface area (Å²) < 4.78 is 1.83. The summed E-state index contributed by atoms with van der Waals surface area (Å²) in [6.45, 7) is 0.967. The van der Waals surface area contributed by atoms with Crippen LogP contribution in [-0.4, -0.2) is 14.8 Å². The third-order valence-corrected chi connectivity index (χ3v) is 2.55. The molecule has 12 heavy (non-hydrogen) atoms. The molecule has 0 bridgehead atoms. The molecular formula is C8H14N4. The van der Waals surface area contributed by atoms with Crippen LogP contribution in [0, 0.1) is 5.92 Å². The zero-order valence-electron chi connectivity index (χ0n) is 7.11. The molecule has 2 rings (SSSR count). The lowest BCUT2D eigenvalue weighted by molar-refractivity contribution is 0.278. The van der Waals surface area contributed by atoms with Crippen LogP contribution in [0.5, 0.6) is 0 Å². The third-order valence-electron chi connectivity index (χ3n) is 2.55. The molecule has 66 valence electrons. The maximum atomic E-state index is 5.39. The van der Waals surface area contributed by atoms with E-state index in [4.69, 9.17) is 5.73 Å². The first-order chi connectivity index (χ1) is 5.84. The molecular weight excluding hydrogens is 152 g/mol. The first-order valence-corrected chi connectivity index (χ1v) is 4.49. The Morgan fingerprint density at radius 3 is 2.92 bits per heavy atom. The van der Waals surface area contributed by atoms with E-state index >= 15 is 0 Å². The maximum absolute atomic E-state index is 5.39. The summed E-state index contributed by atoms with van der Waals surface area (Å²) in [7, 11) is 0. The molecule has 0 unspecified atom stereocenters. The fraction of sp³-hybridized carbons (Fsp3) is 0.750. The second kappa shape index (κ2) is 3.13. The summed E-state index contributed by atoms with van der Waals surface area (Å²) in [6.07, 6.45) is 7.12. The molecule has 1 aromatic rings. The van der Waals surface area contributed by atoms with Crippen LogP contribution in [0.1, 0.15) is 25.7 Å². The second-order valence-electron chi connectivity index (χ2n) is 3.45. The zero-order valence-corrected chi connectivity index (χ0v) is 7.11. The van der Waals surface area contributed by atoms with Gasteiger partial charge in [0.15, 0.2) is 0 Å². The molecule has 2 N–H and O–H groups in total. The van der Waals surface area contributed by atoms with E-state index < -0.39 is 0 Å². The Morgan fingerprint density at radius 1 is 1.58 bits per heavy atom. The summed E-state index contributed by atoms with van der Waals surface area (Å²) in [5.41, 5.74) is 5.39. The van der Waals surface area contributed by atoms with E-state index in [1.54, 1.807) is 6.33 Å². The molecule has 0 aliphatic heterocycles.